The lowest BCUT2D eigenvalue weighted by Gasteiger charge is -2.22. The molecule has 0 radical (unpaired) electrons. The predicted octanol–water partition coefficient (Wildman–Crippen LogP) is 2.42. The molecule has 0 aliphatic heterocycles. The zero-order chi connectivity index (χ0) is 22.2. The Bertz CT molecular complexity index is 774. The Morgan fingerprint density at radius 2 is 1.86 bits per heavy atom. The molecule has 1 unspecified atom stereocenters. The fourth-order valence-corrected chi connectivity index (χ4v) is 2.30. The molecule has 0 saturated carbocycles. The van der Waals surface area contributed by atoms with Crippen LogP contribution in [0.3, 0.4) is 0 Å². The molecule has 1 aromatic carbocycles. The van der Waals surface area contributed by atoms with E-state index in [1.165, 1.54) is 18.2 Å². The molecule has 1 aromatic rings. The van der Waals surface area contributed by atoms with Crippen LogP contribution in [-0.4, -0.2) is 48.7 Å². The number of anilines is 2. The van der Waals surface area contributed by atoms with Crippen LogP contribution in [0.4, 0.5) is 21.9 Å². The van der Waals surface area contributed by atoms with Gasteiger partial charge >= 0.3 is 12.1 Å². The summed E-state index contributed by atoms with van der Waals surface area (Å²) in [6.45, 7) is 5.02. The van der Waals surface area contributed by atoms with E-state index in [1.54, 1.807) is 27.8 Å². The summed E-state index contributed by atoms with van der Waals surface area (Å²) in [6, 6.07) is 2.91. The van der Waals surface area contributed by atoms with Crippen molar-refractivity contribution in [3.63, 3.8) is 0 Å². The van der Waals surface area contributed by atoms with E-state index in [4.69, 9.17) is 4.74 Å². The number of carbonyl (C=O) groups excluding carboxylic acids is 3. The summed E-state index contributed by atoms with van der Waals surface area (Å²) in [5.74, 6) is -1.23. The number of nitrogens with one attached hydrogen (secondary N) is 3. The van der Waals surface area contributed by atoms with E-state index in [0.29, 0.717) is 5.69 Å². The number of amides is 2. The van der Waals surface area contributed by atoms with Crippen LogP contribution in [0.2, 0.25) is 0 Å². The van der Waals surface area contributed by atoms with Crippen LogP contribution in [0.15, 0.2) is 18.2 Å². The first kappa shape index (κ1) is 23.7. The molecule has 0 fully saturated rings. The van der Waals surface area contributed by atoms with Crippen LogP contribution in [-0.2, 0) is 19.1 Å². The summed E-state index contributed by atoms with van der Waals surface area (Å²) in [6.07, 6.45) is -1.02. The minimum absolute atomic E-state index is 0.0540. The zero-order valence-corrected chi connectivity index (χ0v) is 17.0. The maximum atomic E-state index is 12.3. The van der Waals surface area contributed by atoms with Gasteiger partial charge < -0.3 is 25.4 Å². The van der Waals surface area contributed by atoms with Gasteiger partial charge in [-0.3, -0.25) is 14.9 Å². The number of rotatable bonds is 8. The third-order valence-corrected chi connectivity index (χ3v) is 3.59. The van der Waals surface area contributed by atoms with E-state index in [2.05, 4.69) is 20.7 Å². The summed E-state index contributed by atoms with van der Waals surface area (Å²) in [5, 5.41) is 18.7. The fraction of sp³-hybridized carbons (Fsp3) is 0.500. The van der Waals surface area contributed by atoms with Gasteiger partial charge in [0, 0.05) is 25.6 Å². The Morgan fingerprint density at radius 3 is 2.38 bits per heavy atom. The molecular weight excluding hydrogens is 384 g/mol. The van der Waals surface area contributed by atoms with Gasteiger partial charge in [0.2, 0.25) is 5.91 Å². The van der Waals surface area contributed by atoms with E-state index >= 15 is 0 Å². The number of hydrogen-bond donors (Lipinski definition) is 3. The molecule has 0 spiro atoms. The van der Waals surface area contributed by atoms with Gasteiger partial charge in [-0.25, -0.2) is 9.59 Å². The molecule has 11 nitrogen and oxygen atoms in total. The number of esters is 1. The van der Waals surface area contributed by atoms with Crippen LogP contribution < -0.4 is 16.0 Å². The number of benzene rings is 1. The number of alkyl carbamates (subject to hydrolysis) is 1. The molecule has 0 heterocycles. The van der Waals surface area contributed by atoms with Gasteiger partial charge in [-0.05, 0) is 33.3 Å². The Balaban J connectivity index is 2.79. The number of non-ortho nitro benzene ring substituents is 1. The standard InChI is InChI=1S/C18H26N4O7/c1-18(2,3)29-17(25)21-13(16(24)28-5)8-9-15(23)20-14-10-11(22(26)27)6-7-12(14)19-4/h6-7,10,13,19H,8-9H2,1-5H3,(H,20,23)(H,21,25). The third-order valence-electron chi connectivity index (χ3n) is 3.59. The number of nitrogens with zero attached hydrogens (tertiary/aromatic N) is 1. The molecule has 29 heavy (non-hydrogen) atoms. The Morgan fingerprint density at radius 1 is 1.21 bits per heavy atom. The van der Waals surface area contributed by atoms with E-state index in [-0.39, 0.29) is 24.2 Å². The lowest BCUT2D eigenvalue weighted by atomic mass is 10.1. The molecule has 2 amide bonds. The van der Waals surface area contributed by atoms with Crippen molar-refractivity contribution in [1.82, 2.24) is 5.32 Å². The van der Waals surface area contributed by atoms with E-state index in [9.17, 15) is 24.5 Å². The molecule has 11 heteroatoms. The lowest BCUT2D eigenvalue weighted by Crippen LogP contribution is -2.44. The second kappa shape index (κ2) is 10.2. The summed E-state index contributed by atoms with van der Waals surface area (Å²) in [4.78, 5) is 46.4. The number of methoxy groups -OCH3 is 1. The highest BCUT2D eigenvalue weighted by Gasteiger charge is 2.25. The number of carbonyl (C=O) groups is 3. The number of nitro groups is 1. The summed E-state index contributed by atoms with van der Waals surface area (Å²) in [5.41, 5.74) is -0.228. The van der Waals surface area contributed by atoms with Gasteiger partial charge in [-0.15, -0.1) is 0 Å². The van der Waals surface area contributed by atoms with Gasteiger partial charge in [0.1, 0.15) is 11.6 Å². The van der Waals surface area contributed by atoms with Gasteiger partial charge in [0.05, 0.1) is 23.4 Å². The molecular formula is C18H26N4O7. The second-order valence-corrected chi connectivity index (χ2v) is 7.05. The minimum atomic E-state index is -1.09. The topological polar surface area (TPSA) is 149 Å². The summed E-state index contributed by atoms with van der Waals surface area (Å²) in [7, 11) is 2.77. The Labute approximate surface area is 168 Å². The van der Waals surface area contributed by atoms with Crippen molar-refractivity contribution < 1.29 is 28.8 Å². The van der Waals surface area contributed by atoms with Crippen molar-refractivity contribution >= 4 is 35.0 Å². The van der Waals surface area contributed by atoms with Crippen molar-refractivity contribution in [3.05, 3.63) is 28.3 Å². The Hall–Kier alpha value is -3.37. The smallest absolute Gasteiger partial charge is 0.408 e. The first-order valence-electron chi connectivity index (χ1n) is 8.80. The van der Waals surface area contributed by atoms with Gasteiger partial charge in [-0.2, -0.15) is 0 Å². The van der Waals surface area contributed by atoms with Crippen molar-refractivity contribution in [1.29, 1.82) is 0 Å². The lowest BCUT2D eigenvalue weighted by molar-refractivity contribution is -0.384. The van der Waals surface area contributed by atoms with Gasteiger partial charge in [0.25, 0.3) is 5.69 Å². The van der Waals surface area contributed by atoms with Crippen molar-refractivity contribution in [2.75, 3.05) is 24.8 Å². The largest absolute Gasteiger partial charge is 0.467 e. The summed E-state index contributed by atoms with van der Waals surface area (Å²) < 4.78 is 9.75. The number of nitro benzene ring substituents is 1. The first-order valence-corrected chi connectivity index (χ1v) is 8.80. The molecule has 1 rings (SSSR count). The van der Waals surface area contributed by atoms with E-state index in [0.717, 1.165) is 7.11 Å². The van der Waals surface area contributed by atoms with Gasteiger partial charge in [-0.1, -0.05) is 0 Å². The molecule has 3 N–H and O–H groups in total. The molecule has 1 atom stereocenters. The highest BCUT2D eigenvalue weighted by molar-refractivity contribution is 5.95. The van der Waals surface area contributed by atoms with Crippen molar-refractivity contribution in [2.45, 2.75) is 45.3 Å². The second-order valence-electron chi connectivity index (χ2n) is 7.05. The van der Waals surface area contributed by atoms with Crippen molar-refractivity contribution in [2.24, 2.45) is 0 Å². The van der Waals surface area contributed by atoms with Crippen LogP contribution in [0.1, 0.15) is 33.6 Å². The van der Waals surface area contributed by atoms with Gasteiger partial charge in [0.15, 0.2) is 0 Å². The highest BCUT2D eigenvalue weighted by atomic mass is 16.6. The van der Waals surface area contributed by atoms with Crippen LogP contribution in [0.25, 0.3) is 0 Å². The molecule has 160 valence electrons. The van der Waals surface area contributed by atoms with E-state index in [1.807, 2.05) is 0 Å². The maximum Gasteiger partial charge on any atom is 0.408 e. The van der Waals surface area contributed by atoms with E-state index < -0.39 is 34.5 Å². The molecule has 0 aliphatic rings. The minimum Gasteiger partial charge on any atom is -0.467 e. The molecule has 0 bridgehead atoms. The number of ether oxygens (including phenoxy) is 2. The van der Waals surface area contributed by atoms with Crippen LogP contribution in [0.5, 0.6) is 0 Å². The molecule has 0 aliphatic carbocycles. The maximum absolute atomic E-state index is 12.3. The summed E-state index contributed by atoms with van der Waals surface area (Å²) >= 11 is 0. The average molecular weight is 410 g/mol. The van der Waals surface area contributed by atoms with Crippen LogP contribution >= 0.6 is 0 Å². The number of hydrogen-bond acceptors (Lipinski definition) is 8. The first-order chi connectivity index (χ1) is 13.5. The molecule has 0 aromatic heterocycles. The highest BCUT2D eigenvalue weighted by Crippen LogP contribution is 2.27. The Kier molecular flexibility index (Phi) is 8.37. The van der Waals surface area contributed by atoms with Crippen LogP contribution in [0, 0.1) is 10.1 Å². The molecule has 0 saturated heterocycles. The fourth-order valence-electron chi connectivity index (χ4n) is 2.30. The zero-order valence-electron chi connectivity index (χ0n) is 17.0. The predicted molar refractivity (Wildman–Crippen MR) is 106 cm³/mol. The van der Waals surface area contributed by atoms with Crippen molar-refractivity contribution in [3.8, 4) is 0 Å². The third kappa shape index (κ3) is 8.03. The SMILES string of the molecule is CNc1ccc([N+](=O)[O-])cc1NC(=O)CCC(NC(=O)OC(C)(C)C)C(=O)OC. The normalized spacial score (nSPS) is 11.8. The average Bonchev–Trinajstić information content (AvgIpc) is 2.62. The monoisotopic (exact) mass is 410 g/mol. The quantitative estimate of drug-likeness (QED) is 0.336.